The number of nitrogens with zero attached hydrogens (tertiary/aromatic N) is 2. The zero-order valence-electron chi connectivity index (χ0n) is 38.4. The molecule has 0 saturated carbocycles. The number of carboxylic acid groups (broad SMARTS) is 2. The molecule has 2 aliphatic rings. The third kappa shape index (κ3) is 17.6. The topological polar surface area (TPSA) is 336 Å². The van der Waals surface area contributed by atoms with E-state index in [1.807, 2.05) is 5.32 Å². The van der Waals surface area contributed by atoms with E-state index in [1.54, 1.807) is 30.3 Å². The quantitative estimate of drug-likeness (QED) is 0.0313. The van der Waals surface area contributed by atoms with Gasteiger partial charge in [-0.25, -0.2) is 4.79 Å². The number of hydrogen-bond donors (Lipinski definition) is 12. The lowest BCUT2D eigenvalue weighted by Gasteiger charge is -2.33. The number of unbranched alkanes of at least 4 members (excludes halogenated alkanes) is 3. The predicted molar refractivity (Wildman–Crippen MR) is 253 cm³/mol. The summed E-state index contributed by atoms with van der Waals surface area (Å²) in [6.07, 6.45) is 2.13. The molecule has 68 heavy (non-hydrogen) atoms. The normalized spacial score (nSPS) is 18.7. The van der Waals surface area contributed by atoms with Gasteiger partial charge in [0.15, 0.2) is 0 Å². The Balaban J connectivity index is 1.78. The fourth-order valence-corrected chi connectivity index (χ4v) is 8.50. The van der Waals surface area contributed by atoms with E-state index in [0.29, 0.717) is 37.9 Å². The maximum atomic E-state index is 14.1. The number of aliphatic hydroxyl groups is 1. The van der Waals surface area contributed by atoms with E-state index in [2.05, 4.69) is 58.8 Å². The Morgan fingerprint density at radius 1 is 0.721 bits per heavy atom. The van der Waals surface area contributed by atoms with Crippen molar-refractivity contribution in [3.05, 3.63) is 35.9 Å². The highest BCUT2D eigenvalue weighted by molar-refractivity contribution is 7.80. The number of benzene rings is 1. The fraction of sp³-hybridized carbons (Fsp3) is 0.636. The fourth-order valence-electron chi connectivity index (χ4n) is 7.96. The molecule has 9 atom stereocenters. The van der Waals surface area contributed by atoms with Gasteiger partial charge in [0.1, 0.15) is 42.3 Å². The van der Waals surface area contributed by atoms with Gasteiger partial charge < -0.3 is 62.8 Å². The molecule has 0 bridgehead atoms. The molecule has 2 saturated heterocycles. The first kappa shape index (κ1) is 56.9. The van der Waals surface area contributed by atoms with Crippen molar-refractivity contribution < 1.29 is 63.3 Å². The first-order chi connectivity index (χ1) is 32.3. The number of carbonyl (C=O) groups is 10. The Hall–Kier alpha value is -5.46. The van der Waals surface area contributed by atoms with Gasteiger partial charge in [0.2, 0.25) is 47.3 Å². The first-order valence-corrected chi connectivity index (χ1v) is 24.1. The van der Waals surface area contributed by atoms with Gasteiger partial charge in [-0.15, -0.1) is 0 Å². The van der Waals surface area contributed by atoms with Crippen molar-refractivity contribution >= 4 is 84.5 Å². The van der Waals surface area contributed by atoms with Crippen LogP contribution >= 0.6 is 25.3 Å². The van der Waals surface area contributed by atoms with Crippen LogP contribution in [0.25, 0.3) is 0 Å². The van der Waals surface area contributed by atoms with Crippen LogP contribution in [0, 0.1) is 0 Å². The summed E-state index contributed by atoms with van der Waals surface area (Å²) in [5.74, 6) is -9.73. The maximum Gasteiger partial charge on any atom is 0.326 e. The third-order valence-corrected chi connectivity index (χ3v) is 12.4. The van der Waals surface area contributed by atoms with E-state index >= 15 is 0 Å². The summed E-state index contributed by atoms with van der Waals surface area (Å²) in [6.45, 7) is 4.50. The largest absolute Gasteiger partial charge is 0.481 e. The van der Waals surface area contributed by atoms with Crippen molar-refractivity contribution in [1.82, 2.24) is 41.7 Å². The minimum Gasteiger partial charge on any atom is -0.481 e. The van der Waals surface area contributed by atoms with Crippen LogP contribution in [-0.4, -0.2) is 170 Å². The van der Waals surface area contributed by atoms with Crippen LogP contribution in [-0.2, 0) is 54.4 Å². The number of amides is 8. The Kier molecular flexibility index (Phi) is 24.1. The highest BCUT2D eigenvalue weighted by atomic mass is 32.1. The smallest absolute Gasteiger partial charge is 0.326 e. The molecule has 0 aliphatic carbocycles. The number of carbonyl (C=O) groups excluding carboxylic acids is 8. The Morgan fingerprint density at radius 2 is 1.29 bits per heavy atom. The monoisotopic (exact) mass is 993 g/mol. The number of nitrogens with one attached hydrogen (secondary N) is 6. The average Bonchev–Trinajstić information content (AvgIpc) is 4.00. The van der Waals surface area contributed by atoms with E-state index in [1.165, 1.54) is 16.7 Å². The zero-order chi connectivity index (χ0) is 50.5. The van der Waals surface area contributed by atoms with Crippen LogP contribution in [0.4, 0.5) is 0 Å². The van der Waals surface area contributed by atoms with Gasteiger partial charge in [0.25, 0.3) is 0 Å². The van der Waals surface area contributed by atoms with Crippen LogP contribution in [0.2, 0.25) is 0 Å². The molecule has 0 aromatic heterocycles. The minimum atomic E-state index is -1.84. The summed E-state index contributed by atoms with van der Waals surface area (Å²) in [4.78, 5) is 134. The SMILES string of the molecule is CCCCCCN[C@@H](CS)C(=O)N1CCC[C@H]1C(=O)N1CCC[C@H]1C(=O)N[C@H](C(=O)N[C@@H](CCC(N)=O)C(=O)N[C@@H](Cc1ccccc1)C(=O)N[C@@H](CS)C(=O)N[C@@H](CC(=O)O)C(=O)O)[C@@H](C)O. The molecule has 1 aromatic rings. The Bertz CT molecular complexity index is 1930. The molecular weight excluding hydrogens is 927 g/mol. The molecule has 0 unspecified atom stereocenters. The van der Waals surface area contributed by atoms with E-state index in [4.69, 9.17) is 10.8 Å². The zero-order valence-corrected chi connectivity index (χ0v) is 40.2. The van der Waals surface area contributed by atoms with Crippen LogP contribution in [0.1, 0.15) is 90.0 Å². The molecule has 11 N–H and O–H groups in total. The summed E-state index contributed by atoms with van der Waals surface area (Å²) < 4.78 is 0. The summed E-state index contributed by atoms with van der Waals surface area (Å²) >= 11 is 8.47. The molecule has 24 heteroatoms. The van der Waals surface area contributed by atoms with Crippen molar-refractivity contribution in [1.29, 1.82) is 0 Å². The second-order valence-corrected chi connectivity index (χ2v) is 17.6. The number of aliphatic hydroxyl groups excluding tert-OH is 1. The van der Waals surface area contributed by atoms with Gasteiger partial charge in [-0.1, -0.05) is 56.5 Å². The van der Waals surface area contributed by atoms with Gasteiger partial charge in [-0.05, 0) is 57.6 Å². The number of hydrogen-bond acceptors (Lipinski definition) is 14. The predicted octanol–water partition coefficient (Wildman–Crippen LogP) is -1.76. The summed E-state index contributed by atoms with van der Waals surface area (Å²) in [5, 5.41) is 44.4. The molecule has 3 rings (SSSR count). The molecule has 0 radical (unpaired) electrons. The summed E-state index contributed by atoms with van der Waals surface area (Å²) in [6, 6.07) is -2.33. The second-order valence-electron chi connectivity index (χ2n) is 16.9. The van der Waals surface area contributed by atoms with Crippen molar-refractivity contribution in [2.24, 2.45) is 5.73 Å². The lowest BCUT2D eigenvalue weighted by atomic mass is 10.0. The third-order valence-electron chi connectivity index (χ3n) is 11.7. The summed E-state index contributed by atoms with van der Waals surface area (Å²) in [7, 11) is 0. The Labute approximate surface area is 406 Å². The standard InChI is InChI=1S/C44H67N9O13S2/c1-3-4-5-9-18-46-31(24-68)42(63)53-20-11-15-33(53)43(64)52-19-10-14-32(52)40(61)51-36(25(2)54)41(62)47-27(16-17-34(45)55)37(58)48-28(21-26-12-7-6-8-13-26)38(59)50-30(23-67)39(60)49-29(44(65)66)22-35(56)57/h6-8,12-13,25,27-33,36,46,54,67-68H,3-5,9-11,14-24H2,1-2H3,(H2,45,55)(H,47,62)(H,48,58)(H,49,60)(H,50,59)(H,51,61)(H,56,57)(H,65,66)/t25-,27+,28+,29+,30+,31+,32+,33+,36+/m1/s1. The van der Waals surface area contributed by atoms with Crippen molar-refractivity contribution in [2.45, 2.75) is 145 Å². The highest BCUT2D eigenvalue weighted by Crippen LogP contribution is 2.26. The molecule has 2 aliphatic heterocycles. The van der Waals surface area contributed by atoms with Crippen molar-refractivity contribution in [2.75, 3.05) is 31.1 Å². The van der Waals surface area contributed by atoms with E-state index in [9.17, 15) is 58.2 Å². The van der Waals surface area contributed by atoms with E-state index in [-0.39, 0.29) is 36.8 Å². The van der Waals surface area contributed by atoms with Gasteiger partial charge in [-0.3, -0.25) is 43.2 Å². The lowest BCUT2D eigenvalue weighted by molar-refractivity contribution is -0.147. The second kappa shape index (κ2) is 28.8. The molecular formula is C44H67N9O13S2. The minimum absolute atomic E-state index is 0.186. The number of carboxylic acids is 2. The molecule has 2 heterocycles. The van der Waals surface area contributed by atoms with Crippen molar-refractivity contribution in [3.63, 3.8) is 0 Å². The number of aliphatic carboxylic acids is 2. The number of nitrogens with two attached hydrogens (primary N) is 1. The van der Waals surface area contributed by atoms with Gasteiger partial charge in [-0.2, -0.15) is 25.3 Å². The Morgan fingerprint density at radius 3 is 1.88 bits per heavy atom. The van der Waals surface area contributed by atoms with E-state index < -0.39 is 127 Å². The van der Waals surface area contributed by atoms with Gasteiger partial charge in [0.05, 0.1) is 18.6 Å². The number of primary amides is 1. The number of likely N-dealkylation sites (tertiary alicyclic amines) is 2. The van der Waals surface area contributed by atoms with Crippen LogP contribution in [0.15, 0.2) is 30.3 Å². The maximum absolute atomic E-state index is 14.1. The van der Waals surface area contributed by atoms with E-state index in [0.717, 1.165) is 25.7 Å². The molecule has 8 amide bonds. The van der Waals surface area contributed by atoms with Gasteiger partial charge in [0, 0.05) is 37.4 Å². The molecule has 2 fully saturated rings. The highest BCUT2D eigenvalue weighted by Gasteiger charge is 2.44. The van der Waals surface area contributed by atoms with Crippen LogP contribution < -0.4 is 37.6 Å². The first-order valence-electron chi connectivity index (χ1n) is 22.9. The van der Waals surface area contributed by atoms with Crippen LogP contribution in [0.3, 0.4) is 0 Å². The molecule has 378 valence electrons. The molecule has 0 spiro atoms. The molecule has 1 aromatic carbocycles. The number of thiol groups is 2. The van der Waals surface area contributed by atoms with Crippen LogP contribution in [0.5, 0.6) is 0 Å². The molecule has 22 nitrogen and oxygen atoms in total. The van der Waals surface area contributed by atoms with Crippen molar-refractivity contribution in [3.8, 4) is 0 Å². The number of rotatable bonds is 29. The van der Waals surface area contributed by atoms with Gasteiger partial charge >= 0.3 is 11.9 Å². The average molecular weight is 994 g/mol. The summed E-state index contributed by atoms with van der Waals surface area (Å²) in [5.41, 5.74) is 5.92. The lowest BCUT2D eigenvalue weighted by Crippen LogP contribution is -2.62.